The maximum Gasteiger partial charge on any atom is 0.237 e. The fourth-order valence-corrected chi connectivity index (χ4v) is 3.98. The van der Waals surface area contributed by atoms with E-state index in [-0.39, 0.29) is 11.8 Å². The molecule has 0 aliphatic carbocycles. The van der Waals surface area contributed by atoms with Crippen LogP contribution in [0.5, 0.6) is 0 Å². The van der Waals surface area contributed by atoms with Gasteiger partial charge in [-0.3, -0.25) is 14.5 Å². The minimum absolute atomic E-state index is 0.109. The smallest absolute Gasteiger partial charge is 0.237 e. The molecule has 2 amide bonds. The van der Waals surface area contributed by atoms with E-state index in [1.54, 1.807) is 11.3 Å². The summed E-state index contributed by atoms with van der Waals surface area (Å²) in [4.78, 5) is 31.7. The monoisotopic (exact) mass is 336 g/mol. The molecular weight excluding hydrogens is 312 g/mol. The summed E-state index contributed by atoms with van der Waals surface area (Å²) in [5, 5.41) is 5.33. The third-order valence-electron chi connectivity index (χ3n) is 4.44. The highest BCUT2D eigenvalue weighted by Crippen LogP contribution is 2.23. The van der Waals surface area contributed by atoms with E-state index in [0.29, 0.717) is 19.6 Å². The zero-order chi connectivity index (χ0) is 16.2. The van der Waals surface area contributed by atoms with Gasteiger partial charge in [-0.2, -0.15) is 0 Å². The van der Waals surface area contributed by atoms with Crippen molar-refractivity contribution >= 4 is 23.2 Å². The maximum atomic E-state index is 12.5. The van der Waals surface area contributed by atoms with Gasteiger partial charge in [-0.15, -0.1) is 11.3 Å². The molecule has 2 aliphatic heterocycles. The van der Waals surface area contributed by atoms with Crippen LogP contribution < -0.4 is 5.32 Å². The van der Waals surface area contributed by atoms with Crippen LogP contribution in [0.15, 0.2) is 11.4 Å². The molecule has 23 heavy (non-hydrogen) atoms. The summed E-state index contributed by atoms with van der Waals surface area (Å²) >= 11 is 1.77. The highest BCUT2D eigenvalue weighted by atomic mass is 32.1. The van der Waals surface area contributed by atoms with E-state index in [1.807, 2.05) is 21.7 Å². The average Bonchev–Trinajstić information content (AvgIpc) is 3.03. The van der Waals surface area contributed by atoms with Crippen LogP contribution in [0.4, 0.5) is 0 Å². The summed E-state index contributed by atoms with van der Waals surface area (Å²) in [6.07, 6.45) is 0.947. The molecule has 0 bridgehead atoms. The van der Waals surface area contributed by atoms with Crippen LogP contribution in [0.3, 0.4) is 0 Å². The van der Waals surface area contributed by atoms with E-state index in [0.717, 1.165) is 39.1 Å². The molecule has 7 heteroatoms. The molecule has 3 rings (SSSR count). The number of thiophene rings is 1. The van der Waals surface area contributed by atoms with E-state index >= 15 is 0 Å². The summed E-state index contributed by atoms with van der Waals surface area (Å²) < 4.78 is 0. The van der Waals surface area contributed by atoms with Crippen LogP contribution in [-0.4, -0.2) is 79.4 Å². The highest BCUT2D eigenvalue weighted by Gasteiger charge is 2.24. The second-order valence-corrected chi connectivity index (χ2v) is 7.24. The normalized spacial score (nSPS) is 18.2. The molecule has 3 heterocycles. The standard InChI is InChI=1S/C16H24N4O2S/c1-18(11-15(21)19-7-4-17-5-8-19)12-16(22)20-6-2-14-13(10-20)3-9-23-14/h3,9,17H,2,4-8,10-12H2,1H3. The minimum atomic E-state index is 0.109. The van der Waals surface area contributed by atoms with Crippen molar-refractivity contribution in [3.05, 3.63) is 21.9 Å². The third-order valence-corrected chi connectivity index (χ3v) is 5.46. The van der Waals surface area contributed by atoms with Gasteiger partial charge in [0.15, 0.2) is 0 Å². The van der Waals surface area contributed by atoms with Crippen molar-refractivity contribution in [2.75, 3.05) is 52.9 Å². The maximum absolute atomic E-state index is 12.5. The van der Waals surface area contributed by atoms with Crippen molar-refractivity contribution < 1.29 is 9.59 Å². The molecule has 1 saturated heterocycles. The lowest BCUT2D eigenvalue weighted by atomic mass is 10.1. The van der Waals surface area contributed by atoms with Crippen molar-refractivity contribution in [3.8, 4) is 0 Å². The van der Waals surface area contributed by atoms with Crippen LogP contribution in [0.25, 0.3) is 0 Å². The van der Waals surface area contributed by atoms with Crippen molar-refractivity contribution in [1.29, 1.82) is 0 Å². The third kappa shape index (κ3) is 4.10. The van der Waals surface area contributed by atoms with Gasteiger partial charge in [-0.05, 0) is 30.5 Å². The second-order valence-electron chi connectivity index (χ2n) is 6.24. The number of likely N-dealkylation sites (N-methyl/N-ethyl adjacent to an activating group) is 1. The topological polar surface area (TPSA) is 55.9 Å². The highest BCUT2D eigenvalue weighted by molar-refractivity contribution is 7.10. The van der Waals surface area contributed by atoms with E-state index in [9.17, 15) is 9.59 Å². The second kappa shape index (κ2) is 7.42. The summed E-state index contributed by atoms with van der Waals surface area (Å²) in [6, 6.07) is 2.11. The number of carbonyl (C=O) groups is 2. The van der Waals surface area contributed by atoms with Crippen molar-refractivity contribution in [2.45, 2.75) is 13.0 Å². The molecule has 6 nitrogen and oxygen atoms in total. The number of carbonyl (C=O) groups excluding carboxylic acids is 2. The summed E-state index contributed by atoms with van der Waals surface area (Å²) in [7, 11) is 1.85. The fraction of sp³-hybridized carbons (Fsp3) is 0.625. The molecule has 1 aromatic rings. The van der Waals surface area contributed by atoms with Gasteiger partial charge in [0.05, 0.1) is 13.1 Å². The first-order valence-corrected chi connectivity index (χ1v) is 9.01. The van der Waals surface area contributed by atoms with Gasteiger partial charge >= 0.3 is 0 Å². The number of hydrogen-bond acceptors (Lipinski definition) is 5. The Morgan fingerprint density at radius 1 is 1.17 bits per heavy atom. The average molecular weight is 336 g/mol. The Labute approximate surface area is 141 Å². The molecule has 2 aliphatic rings. The quantitative estimate of drug-likeness (QED) is 0.841. The van der Waals surface area contributed by atoms with E-state index in [4.69, 9.17) is 0 Å². The van der Waals surface area contributed by atoms with Crippen LogP contribution in [-0.2, 0) is 22.6 Å². The minimum Gasteiger partial charge on any atom is -0.339 e. The van der Waals surface area contributed by atoms with Gasteiger partial charge < -0.3 is 15.1 Å². The van der Waals surface area contributed by atoms with Crippen LogP contribution in [0.2, 0.25) is 0 Å². The Balaban J connectivity index is 1.47. The largest absolute Gasteiger partial charge is 0.339 e. The molecule has 0 unspecified atom stereocenters. The predicted octanol–water partition coefficient (Wildman–Crippen LogP) is -0.00360. The van der Waals surface area contributed by atoms with Gasteiger partial charge in [0.25, 0.3) is 0 Å². The van der Waals surface area contributed by atoms with Crippen molar-refractivity contribution in [2.24, 2.45) is 0 Å². The lowest BCUT2D eigenvalue weighted by Gasteiger charge is -2.31. The molecule has 0 saturated carbocycles. The predicted molar refractivity (Wildman–Crippen MR) is 90.4 cm³/mol. The molecule has 0 spiro atoms. The molecule has 1 fully saturated rings. The molecule has 0 aromatic carbocycles. The molecular formula is C16H24N4O2S. The number of fused-ring (bicyclic) bond motifs is 1. The summed E-state index contributed by atoms with van der Waals surface area (Å²) in [6.45, 7) is 5.32. The molecule has 0 radical (unpaired) electrons. The first-order chi connectivity index (χ1) is 11.1. The van der Waals surface area contributed by atoms with Gasteiger partial charge in [0.1, 0.15) is 0 Å². The summed E-state index contributed by atoms with van der Waals surface area (Å²) in [5.41, 5.74) is 1.27. The van der Waals surface area contributed by atoms with E-state index in [1.165, 1.54) is 10.4 Å². The number of amides is 2. The summed E-state index contributed by atoms with van der Waals surface area (Å²) in [5.74, 6) is 0.220. The number of nitrogens with one attached hydrogen (secondary N) is 1. The molecule has 1 aromatic heterocycles. The van der Waals surface area contributed by atoms with Crippen LogP contribution in [0.1, 0.15) is 10.4 Å². The zero-order valence-electron chi connectivity index (χ0n) is 13.6. The number of hydrogen-bond donors (Lipinski definition) is 1. The van der Waals surface area contributed by atoms with Gasteiger partial charge in [-0.1, -0.05) is 0 Å². The Morgan fingerprint density at radius 3 is 2.61 bits per heavy atom. The Bertz CT molecular complexity index is 568. The van der Waals surface area contributed by atoms with E-state index < -0.39 is 0 Å². The lowest BCUT2D eigenvalue weighted by Crippen LogP contribution is -2.50. The number of piperazine rings is 1. The first kappa shape index (κ1) is 16.4. The van der Waals surface area contributed by atoms with Crippen LogP contribution >= 0.6 is 11.3 Å². The Hall–Kier alpha value is -1.44. The number of nitrogens with zero attached hydrogens (tertiary/aromatic N) is 3. The van der Waals surface area contributed by atoms with Crippen LogP contribution in [0, 0.1) is 0 Å². The van der Waals surface area contributed by atoms with E-state index in [2.05, 4.69) is 16.8 Å². The lowest BCUT2D eigenvalue weighted by molar-refractivity contribution is -0.135. The number of rotatable bonds is 4. The Morgan fingerprint density at radius 2 is 1.87 bits per heavy atom. The molecule has 0 atom stereocenters. The fourth-order valence-electron chi connectivity index (χ4n) is 3.09. The van der Waals surface area contributed by atoms with Crippen molar-refractivity contribution in [1.82, 2.24) is 20.0 Å². The van der Waals surface area contributed by atoms with Gasteiger partial charge in [0, 0.05) is 44.1 Å². The Kier molecular flexibility index (Phi) is 5.30. The van der Waals surface area contributed by atoms with Gasteiger partial charge in [-0.25, -0.2) is 0 Å². The van der Waals surface area contributed by atoms with Crippen molar-refractivity contribution in [3.63, 3.8) is 0 Å². The SMILES string of the molecule is CN(CC(=O)N1CCNCC1)CC(=O)N1CCc2sccc2C1. The molecule has 126 valence electrons. The molecule has 1 N–H and O–H groups in total. The first-order valence-electron chi connectivity index (χ1n) is 8.13. The zero-order valence-corrected chi connectivity index (χ0v) is 14.4. The van der Waals surface area contributed by atoms with Gasteiger partial charge in [0.2, 0.25) is 11.8 Å².